The fraction of sp³-hybridized carbons (Fsp3) is 0.400. The molecule has 0 unspecified atom stereocenters. The molecule has 7 heteroatoms. The van der Waals surface area contributed by atoms with Gasteiger partial charge in [-0.15, -0.1) is 0 Å². The Balaban J connectivity index is 1.44. The molecule has 0 spiro atoms. The van der Waals surface area contributed by atoms with Crippen molar-refractivity contribution in [3.8, 4) is 22.8 Å². The number of pyridine rings is 2. The smallest absolute Gasteiger partial charge is 0.183 e. The van der Waals surface area contributed by atoms with E-state index in [2.05, 4.69) is 67.0 Å². The molecule has 1 aliphatic carbocycles. The third-order valence-corrected chi connectivity index (χ3v) is 7.96. The van der Waals surface area contributed by atoms with E-state index in [1.54, 1.807) is 18.6 Å². The second kappa shape index (κ2) is 8.85. The van der Waals surface area contributed by atoms with Gasteiger partial charge in [0, 0.05) is 60.0 Å². The predicted molar refractivity (Wildman–Crippen MR) is 144 cm³/mol. The van der Waals surface area contributed by atoms with Crippen LogP contribution in [0.4, 0.5) is 0 Å². The average molecular weight is 495 g/mol. The summed E-state index contributed by atoms with van der Waals surface area (Å²) < 4.78 is 2.03. The Kier molecular flexibility index (Phi) is 5.73. The van der Waals surface area contributed by atoms with Gasteiger partial charge in [-0.3, -0.25) is 9.97 Å². The molecule has 0 radical (unpaired) electrons. The number of hydrogen-bond donors (Lipinski definition) is 1. The van der Waals surface area contributed by atoms with Crippen molar-refractivity contribution in [3.05, 3.63) is 83.9 Å². The molecule has 1 saturated heterocycles. The number of rotatable bonds is 7. The fourth-order valence-corrected chi connectivity index (χ4v) is 5.82. The maximum Gasteiger partial charge on any atom is 0.183 e. The van der Waals surface area contributed by atoms with Gasteiger partial charge in [0.25, 0.3) is 0 Å². The van der Waals surface area contributed by atoms with Crippen LogP contribution in [0, 0.1) is 5.41 Å². The van der Waals surface area contributed by atoms with Gasteiger partial charge in [0.05, 0.1) is 6.04 Å². The highest BCUT2D eigenvalue weighted by atomic mass is 16.3. The number of nitrogens with zero attached hydrogens (tertiary/aromatic N) is 6. The number of likely N-dealkylation sites (tertiary alicyclic amines) is 1. The molecule has 1 atom stereocenters. The first-order valence-corrected chi connectivity index (χ1v) is 13.1. The Morgan fingerprint density at radius 3 is 2.32 bits per heavy atom. The van der Waals surface area contributed by atoms with Crippen molar-refractivity contribution in [3.63, 3.8) is 0 Å². The molecule has 3 aromatic heterocycles. The molecule has 2 aliphatic rings. The third-order valence-electron chi connectivity index (χ3n) is 7.96. The largest absolute Gasteiger partial charge is 0.380 e. The average Bonchev–Trinajstić information content (AvgIpc) is 3.65. The molecule has 6 rings (SSSR count). The molecule has 1 saturated carbocycles. The summed E-state index contributed by atoms with van der Waals surface area (Å²) in [5, 5.41) is 17.5. The molecule has 0 bridgehead atoms. The van der Waals surface area contributed by atoms with Crippen molar-refractivity contribution in [1.29, 1.82) is 0 Å². The molecule has 190 valence electrons. The number of aromatic nitrogens is 5. The van der Waals surface area contributed by atoms with Gasteiger partial charge in [-0.1, -0.05) is 45.0 Å². The summed E-state index contributed by atoms with van der Waals surface area (Å²) >= 11 is 0. The van der Waals surface area contributed by atoms with Gasteiger partial charge >= 0.3 is 0 Å². The molecule has 0 amide bonds. The fourth-order valence-electron chi connectivity index (χ4n) is 5.82. The highest BCUT2D eigenvalue weighted by Crippen LogP contribution is 2.50. The molecule has 4 aromatic rings. The first kappa shape index (κ1) is 23.9. The van der Waals surface area contributed by atoms with Gasteiger partial charge in [-0.2, -0.15) is 5.10 Å². The molecule has 2 fully saturated rings. The van der Waals surface area contributed by atoms with E-state index in [1.165, 1.54) is 5.56 Å². The van der Waals surface area contributed by atoms with Crippen LogP contribution in [-0.2, 0) is 5.60 Å². The Bertz CT molecular complexity index is 1400. The summed E-state index contributed by atoms with van der Waals surface area (Å²) in [7, 11) is 2.09. The molecule has 1 aromatic carbocycles. The highest BCUT2D eigenvalue weighted by molar-refractivity contribution is 5.62. The van der Waals surface area contributed by atoms with Crippen LogP contribution < -0.4 is 0 Å². The highest BCUT2D eigenvalue weighted by Gasteiger charge is 2.55. The maximum absolute atomic E-state index is 12.6. The first-order valence-electron chi connectivity index (χ1n) is 13.1. The second-order valence-corrected chi connectivity index (χ2v) is 11.4. The third kappa shape index (κ3) is 4.06. The van der Waals surface area contributed by atoms with E-state index in [0.717, 1.165) is 54.0 Å². The van der Waals surface area contributed by atoms with Crippen LogP contribution in [0.5, 0.6) is 0 Å². The molecule has 1 aliphatic heterocycles. The summed E-state index contributed by atoms with van der Waals surface area (Å²) in [5.74, 6) is 1.87. The second-order valence-electron chi connectivity index (χ2n) is 11.4. The van der Waals surface area contributed by atoms with Crippen LogP contribution in [0.2, 0.25) is 0 Å². The first-order chi connectivity index (χ1) is 17.8. The lowest BCUT2D eigenvalue weighted by atomic mass is 9.62. The summed E-state index contributed by atoms with van der Waals surface area (Å²) in [6.07, 6.45) is 9.39. The summed E-state index contributed by atoms with van der Waals surface area (Å²) in [5.41, 5.74) is 3.10. The van der Waals surface area contributed by atoms with Crippen LogP contribution in [0.15, 0.2) is 67.3 Å². The molecule has 4 heterocycles. The van der Waals surface area contributed by atoms with Gasteiger partial charge in [-0.05, 0) is 55.1 Å². The Morgan fingerprint density at radius 2 is 1.70 bits per heavy atom. The van der Waals surface area contributed by atoms with Crippen molar-refractivity contribution in [1.82, 2.24) is 29.6 Å². The molecule has 1 N–H and O–H groups in total. The molecular weight excluding hydrogens is 460 g/mol. The van der Waals surface area contributed by atoms with Gasteiger partial charge in [0.2, 0.25) is 0 Å². The molecular formula is C30H34N6O. The van der Waals surface area contributed by atoms with E-state index >= 15 is 0 Å². The van der Waals surface area contributed by atoms with Crippen molar-refractivity contribution in [2.45, 2.75) is 51.2 Å². The van der Waals surface area contributed by atoms with Gasteiger partial charge in [0.15, 0.2) is 11.6 Å². The van der Waals surface area contributed by atoms with Crippen molar-refractivity contribution in [2.24, 2.45) is 5.41 Å². The number of aliphatic hydroxyl groups is 1. The Morgan fingerprint density at radius 1 is 0.973 bits per heavy atom. The zero-order valence-electron chi connectivity index (χ0n) is 22.0. The van der Waals surface area contributed by atoms with E-state index in [4.69, 9.17) is 10.1 Å². The van der Waals surface area contributed by atoms with Gasteiger partial charge in [-0.25, -0.2) is 9.67 Å². The number of hydrogen-bond acceptors (Lipinski definition) is 6. The maximum atomic E-state index is 12.6. The Hall–Kier alpha value is -3.42. The minimum absolute atomic E-state index is 0.358. The summed E-state index contributed by atoms with van der Waals surface area (Å²) in [4.78, 5) is 16.0. The monoisotopic (exact) mass is 494 g/mol. The lowest BCUT2D eigenvalue weighted by Crippen LogP contribution is -2.63. The summed E-state index contributed by atoms with van der Waals surface area (Å²) in [6, 6.07) is 14.7. The lowest BCUT2D eigenvalue weighted by molar-refractivity contribution is -0.127. The van der Waals surface area contributed by atoms with E-state index in [1.807, 2.05) is 29.1 Å². The van der Waals surface area contributed by atoms with Crippen LogP contribution in [0.3, 0.4) is 0 Å². The van der Waals surface area contributed by atoms with Gasteiger partial charge in [0.1, 0.15) is 5.60 Å². The topological polar surface area (TPSA) is 80.0 Å². The van der Waals surface area contributed by atoms with Crippen LogP contribution >= 0.6 is 0 Å². The lowest BCUT2D eigenvalue weighted by Gasteiger charge is -2.55. The van der Waals surface area contributed by atoms with Crippen molar-refractivity contribution < 1.29 is 5.11 Å². The number of benzene rings is 1. The molecule has 37 heavy (non-hydrogen) atoms. The van der Waals surface area contributed by atoms with E-state index < -0.39 is 5.60 Å². The van der Waals surface area contributed by atoms with E-state index in [-0.39, 0.29) is 5.41 Å². The van der Waals surface area contributed by atoms with Crippen LogP contribution in [0.25, 0.3) is 22.8 Å². The zero-order valence-corrected chi connectivity index (χ0v) is 22.0. The van der Waals surface area contributed by atoms with Crippen LogP contribution in [0.1, 0.15) is 62.3 Å². The molecule has 7 nitrogen and oxygen atoms in total. The zero-order chi connectivity index (χ0) is 25.8. The van der Waals surface area contributed by atoms with Gasteiger partial charge < -0.3 is 10.0 Å². The normalized spacial score (nSPS) is 19.0. The Labute approximate surface area is 218 Å². The van der Waals surface area contributed by atoms with Crippen molar-refractivity contribution >= 4 is 0 Å². The predicted octanol–water partition coefficient (Wildman–Crippen LogP) is 5.05. The SMILES string of the molecule is CC(C)c1ccc([C@](O)(c2cncc(-c3nc(-c4cccnc4)n(C4CC4)n3)c2)C2(C)CN(C)C2)cc1. The minimum atomic E-state index is -1.21. The standard InChI is InChI=1S/C30H34N6O/c1-20(2)21-7-9-24(10-8-21)30(37,29(3)18-35(4)19-29)25-14-23(16-32-17-25)27-33-28(22-6-5-13-31-15-22)36(34-27)26-11-12-26/h5-10,13-17,20,26,37H,11-12,18-19H2,1-4H3/t30-/m0/s1. The van der Waals surface area contributed by atoms with Crippen molar-refractivity contribution in [2.75, 3.05) is 20.1 Å². The minimum Gasteiger partial charge on any atom is -0.380 e. The quantitative estimate of drug-likeness (QED) is 0.387. The van der Waals surface area contributed by atoms with E-state index in [9.17, 15) is 5.11 Å². The summed E-state index contributed by atoms with van der Waals surface area (Å²) in [6.45, 7) is 8.12. The van der Waals surface area contributed by atoms with E-state index in [0.29, 0.717) is 17.8 Å². The van der Waals surface area contributed by atoms with Crippen LogP contribution in [-0.4, -0.2) is 54.9 Å².